The lowest BCUT2D eigenvalue weighted by atomic mass is 10.1. The molecule has 0 aliphatic heterocycles. The monoisotopic (exact) mass is 286 g/mol. The average molecular weight is 286 g/mol. The standard InChI is InChI=1S/C13H10N4O4/c14-12(18)10-6-9(17(20)21)3-4-11(10)16-13(19)8-2-1-5-15-7-8/h1-7H,(H2,14,18)(H,16,19). The summed E-state index contributed by atoms with van der Waals surface area (Å²) in [7, 11) is 0. The molecule has 1 aromatic carbocycles. The second-order valence-electron chi connectivity index (χ2n) is 4.05. The maximum absolute atomic E-state index is 12.0. The van der Waals surface area contributed by atoms with Crippen LogP contribution in [0, 0.1) is 10.1 Å². The summed E-state index contributed by atoms with van der Waals surface area (Å²) in [5.41, 5.74) is 5.13. The number of carbonyl (C=O) groups is 2. The van der Waals surface area contributed by atoms with Gasteiger partial charge in [-0.1, -0.05) is 0 Å². The van der Waals surface area contributed by atoms with Crippen LogP contribution in [0.5, 0.6) is 0 Å². The molecule has 1 aromatic heterocycles. The van der Waals surface area contributed by atoms with Gasteiger partial charge in [-0.3, -0.25) is 24.7 Å². The number of non-ortho nitro benzene ring substituents is 1. The first kappa shape index (κ1) is 14.1. The number of amides is 2. The van der Waals surface area contributed by atoms with Crippen molar-refractivity contribution in [3.8, 4) is 0 Å². The third kappa shape index (κ3) is 3.18. The van der Waals surface area contributed by atoms with Crippen molar-refractivity contribution < 1.29 is 14.5 Å². The zero-order valence-electron chi connectivity index (χ0n) is 10.6. The Labute approximate surface area is 118 Å². The number of pyridine rings is 1. The van der Waals surface area contributed by atoms with E-state index in [0.29, 0.717) is 0 Å². The van der Waals surface area contributed by atoms with E-state index in [1.165, 1.54) is 30.6 Å². The van der Waals surface area contributed by atoms with Gasteiger partial charge in [-0.15, -0.1) is 0 Å². The normalized spacial score (nSPS) is 9.90. The van der Waals surface area contributed by atoms with Gasteiger partial charge in [0, 0.05) is 24.5 Å². The molecular weight excluding hydrogens is 276 g/mol. The summed E-state index contributed by atoms with van der Waals surface area (Å²) in [6.45, 7) is 0. The number of hydrogen-bond acceptors (Lipinski definition) is 5. The number of hydrogen-bond donors (Lipinski definition) is 2. The number of aromatic nitrogens is 1. The number of rotatable bonds is 4. The van der Waals surface area contributed by atoms with Crippen molar-refractivity contribution >= 4 is 23.2 Å². The molecule has 0 aliphatic rings. The quantitative estimate of drug-likeness (QED) is 0.647. The van der Waals surface area contributed by atoms with Crippen LogP contribution in [0.25, 0.3) is 0 Å². The molecule has 106 valence electrons. The van der Waals surface area contributed by atoms with Gasteiger partial charge in [0.15, 0.2) is 0 Å². The van der Waals surface area contributed by atoms with Gasteiger partial charge in [-0.25, -0.2) is 0 Å². The number of carbonyl (C=O) groups excluding carboxylic acids is 2. The van der Waals surface area contributed by atoms with Crippen LogP contribution in [0.4, 0.5) is 11.4 Å². The smallest absolute Gasteiger partial charge is 0.270 e. The molecule has 3 N–H and O–H groups in total. The van der Waals surface area contributed by atoms with Crippen molar-refractivity contribution in [2.75, 3.05) is 5.32 Å². The van der Waals surface area contributed by atoms with Crippen molar-refractivity contribution in [2.45, 2.75) is 0 Å². The molecule has 0 unspecified atom stereocenters. The largest absolute Gasteiger partial charge is 0.366 e. The van der Waals surface area contributed by atoms with Crippen LogP contribution < -0.4 is 11.1 Å². The fraction of sp³-hybridized carbons (Fsp3) is 0. The summed E-state index contributed by atoms with van der Waals surface area (Å²) in [6, 6.07) is 6.57. The minimum absolute atomic E-state index is 0.0990. The first-order valence-corrected chi connectivity index (χ1v) is 5.78. The van der Waals surface area contributed by atoms with E-state index in [0.717, 1.165) is 6.07 Å². The minimum Gasteiger partial charge on any atom is -0.366 e. The van der Waals surface area contributed by atoms with Crippen LogP contribution in [-0.2, 0) is 0 Å². The predicted molar refractivity (Wildman–Crippen MR) is 73.8 cm³/mol. The zero-order valence-corrected chi connectivity index (χ0v) is 10.6. The molecule has 0 fully saturated rings. The first-order valence-electron chi connectivity index (χ1n) is 5.78. The zero-order chi connectivity index (χ0) is 15.4. The lowest BCUT2D eigenvalue weighted by Crippen LogP contribution is -2.18. The van der Waals surface area contributed by atoms with E-state index < -0.39 is 16.7 Å². The highest BCUT2D eigenvalue weighted by Gasteiger charge is 2.16. The number of primary amides is 1. The second-order valence-corrected chi connectivity index (χ2v) is 4.05. The van der Waals surface area contributed by atoms with Gasteiger partial charge in [0.05, 0.1) is 21.7 Å². The van der Waals surface area contributed by atoms with E-state index in [1.54, 1.807) is 6.07 Å². The number of benzene rings is 1. The number of nitro groups is 1. The van der Waals surface area contributed by atoms with Gasteiger partial charge >= 0.3 is 0 Å². The van der Waals surface area contributed by atoms with E-state index in [1.807, 2.05) is 0 Å². The van der Waals surface area contributed by atoms with Gasteiger partial charge in [0.25, 0.3) is 17.5 Å². The van der Waals surface area contributed by atoms with Gasteiger partial charge in [-0.2, -0.15) is 0 Å². The molecule has 8 nitrogen and oxygen atoms in total. The van der Waals surface area contributed by atoms with Crippen molar-refractivity contribution in [1.82, 2.24) is 4.98 Å². The van der Waals surface area contributed by atoms with E-state index in [9.17, 15) is 19.7 Å². The van der Waals surface area contributed by atoms with Crippen LogP contribution >= 0.6 is 0 Å². The molecule has 0 spiro atoms. The van der Waals surface area contributed by atoms with Gasteiger partial charge < -0.3 is 11.1 Å². The number of nitrogens with two attached hydrogens (primary N) is 1. The molecule has 8 heteroatoms. The van der Waals surface area contributed by atoms with Crippen LogP contribution in [0.1, 0.15) is 20.7 Å². The molecule has 0 aliphatic carbocycles. The van der Waals surface area contributed by atoms with Crippen molar-refractivity contribution in [2.24, 2.45) is 5.73 Å². The van der Waals surface area contributed by atoms with Crippen LogP contribution in [0.3, 0.4) is 0 Å². The lowest BCUT2D eigenvalue weighted by Gasteiger charge is -2.08. The highest BCUT2D eigenvalue weighted by molar-refractivity contribution is 6.08. The predicted octanol–water partition coefficient (Wildman–Crippen LogP) is 1.34. The Morgan fingerprint density at radius 1 is 1.29 bits per heavy atom. The highest BCUT2D eigenvalue weighted by Crippen LogP contribution is 2.22. The summed E-state index contributed by atoms with van der Waals surface area (Å²) in [6.07, 6.45) is 2.86. The number of nitrogens with one attached hydrogen (secondary N) is 1. The fourth-order valence-corrected chi connectivity index (χ4v) is 1.65. The Balaban J connectivity index is 2.34. The highest BCUT2D eigenvalue weighted by atomic mass is 16.6. The molecule has 0 atom stereocenters. The Kier molecular flexibility index (Phi) is 3.89. The average Bonchev–Trinajstić information content (AvgIpc) is 2.48. The summed E-state index contributed by atoms with van der Waals surface area (Å²) in [4.78, 5) is 37.2. The molecule has 0 bridgehead atoms. The molecule has 2 amide bonds. The van der Waals surface area contributed by atoms with E-state index in [2.05, 4.69) is 10.3 Å². The second kappa shape index (κ2) is 5.78. The molecule has 21 heavy (non-hydrogen) atoms. The fourth-order valence-electron chi connectivity index (χ4n) is 1.65. The van der Waals surface area contributed by atoms with Gasteiger partial charge in [0.2, 0.25) is 0 Å². The molecule has 0 saturated heterocycles. The summed E-state index contributed by atoms with van der Waals surface area (Å²) in [5, 5.41) is 13.2. The number of nitrogens with zero attached hydrogens (tertiary/aromatic N) is 2. The number of nitro benzene ring substituents is 1. The summed E-state index contributed by atoms with van der Waals surface area (Å²) >= 11 is 0. The Hall–Kier alpha value is -3.29. The first-order chi connectivity index (χ1) is 9.99. The topological polar surface area (TPSA) is 128 Å². The third-order valence-corrected chi connectivity index (χ3v) is 2.65. The molecule has 2 aromatic rings. The van der Waals surface area contributed by atoms with E-state index in [4.69, 9.17) is 5.73 Å². The Morgan fingerprint density at radius 3 is 2.62 bits per heavy atom. The third-order valence-electron chi connectivity index (χ3n) is 2.65. The molecule has 0 radical (unpaired) electrons. The van der Waals surface area contributed by atoms with Gasteiger partial charge in [0.1, 0.15) is 0 Å². The SMILES string of the molecule is NC(=O)c1cc([N+](=O)[O-])ccc1NC(=O)c1cccnc1. The molecule has 2 rings (SSSR count). The van der Waals surface area contributed by atoms with Crippen LogP contribution in [-0.4, -0.2) is 21.7 Å². The Bertz CT molecular complexity index is 715. The van der Waals surface area contributed by atoms with E-state index in [-0.39, 0.29) is 22.5 Å². The molecule has 0 saturated carbocycles. The van der Waals surface area contributed by atoms with Crippen molar-refractivity contribution in [3.05, 3.63) is 64.0 Å². The molecule has 1 heterocycles. The minimum atomic E-state index is -0.875. The summed E-state index contributed by atoms with van der Waals surface area (Å²) < 4.78 is 0. The van der Waals surface area contributed by atoms with Crippen LogP contribution in [0.2, 0.25) is 0 Å². The molecular formula is C13H10N4O4. The van der Waals surface area contributed by atoms with E-state index >= 15 is 0 Å². The van der Waals surface area contributed by atoms with Crippen molar-refractivity contribution in [3.63, 3.8) is 0 Å². The summed E-state index contributed by atoms with van der Waals surface area (Å²) in [5.74, 6) is -1.38. The van der Waals surface area contributed by atoms with Crippen LogP contribution in [0.15, 0.2) is 42.7 Å². The number of anilines is 1. The van der Waals surface area contributed by atoms with Crippen molar-refractivity contribution in [1.29, 1.82) is 0 Å². The maximum Gasteiger partial charge on any atom is 0.270 e. The maximum atomic E-state index is 12.0. The lowest BCUT2D eigenvalue weighted by molar-refractivity contribution is -0.384. The Morgan fingerprint density at radius 2 is 2.05 bits per heavy atom. The van der Waals surface area contributed by atoms with Gasteiger partial charge in [-0.05, 0) is 18.2 Å².